The Hall–Kier alpha value is -1.08. The Bertz CT molecular complexity index is 423. The summed E-state index contributed by atoms with van der Waals surface area (Å²) in [5, 5.41) is 1.82. The van der Waals surface area contributed by atoms with E-state index in [9.17, 15) is 4.39 Å². The largest absolute Gasteiger partial charge is 0.205 e. The summed E-state index contributed by atoms with van der Waals surface area (Å²) in [6.45, 7) is 0. The van der Waals surface area contributed by atoms with Gasteiger partial charge in [-0.3, -0.25) is 0 Å². The number of halogens is 2. The van der Waals surface area contributed by atoms with Crippen LogP contribution >= 0.6 is 11.6 Å². The molecule has 0 saturated heterocycles. The van der Waals surface area contributed by atoms with Crippen molar-refractivity contribution in [2.24, 2.45) is 0 Å². The fourth-order valence-corrected chi connectivity index (χ4v) is 1.38. The lowest BCUT2D eigenvalue weighted by atomic mass is 10.1. The first-order chi connectivity index (χ1) is 5.79. The zero-order chi connectivity index (χ0) is 8.55. The minimum atomic E-state index is -0.379. The summed E-state index contributed by atoms with van der Waals surface area (Å²) in [6, 6.07) is 11.2. The monoisotopic (exact) mass is 179 g/mol. The van der Waals surface area contributed by atoms with Gasteiger partial charge in [-0.05, 0) is 23.6 Å². The maximum atomic E-state index is 12.9. The van der Waals surface area contributed by atoms with Crippen molar-refractivity contribution >= 4 is 22.4 Å². The third-order valence-electron chi connectivity index (χ3n) is 1.75. The minimum Gasteiger partial charge on any atom is -0.205 e. The molecule has 0 bridgehead atoms. The maximum Gasteiger partial charge on any atom is 0.142 e. The van der Waals surface area contributed by atoms with Crippen molar-refractivity contribution in [3.05, 3.63) is 47.2 Å². The average molecular weight is 180 g/mol. The van der Waals surface area contributed by atoms with Gasteiger partial charge < -0.3 is 0 Å². The molecule has 0 saturated carbocycles. The summed E-state index contributed by atoms with van der Waals surface area (Å²) >= 11 is 5.74. The van der Waals surface area contributed by atoms with E-state index in [1.807, 2.05) is 0 Å². The van der Waals surface area contributed by atoms with Crippen LogP contribution < -0.4 is 0 Å². The highest BCUT2D eigenvalue weighted by atomic mass is 35.5. The molecule has 0 aliphatic carbocycles. The molecule has 59 valence electrons. The van der Waals surface area contributed by atoms with Crippen LogP contribution in [0.2, 0.25) is 5.02 Å². The Kier molecular flexibility index (Phi) is 1.74. The van der Waals surface area contributed by atoms with E-state index < -0.39 is 0 Å². The van der Waals surface area contributed by atoms with Crippen LogP contribution in [0, 0.1) is 11.9 Å². The SMILES string of the molecule is Fc1ccc2c[c]ccc2c1Cl. The lowest BCUT2D eigenvalue weighted by molar-refractivity contribution is 0.630. The molecule has 1 radical (unpaired) electrons. The van der Waals surface area contributed by atoms with Gasteiger partial charge in [0.25, 0.3) is 0 Å². The first-order valence-corrected chi connectivity index (χ1v) is 3.90. The Balaban J connectivity index is 2.91. The lowest BCUT2D eigenvalue weighted by Crippen LogP contribution is -1.78. The van der Waals surface area contributed by atoms with Crippen LogP contribution in [0.5, 0.6) is 0 Å². The summed E-state index contributed by atoms with van der Waals surface area (Å²) in [6.07, 6.45) is 0. The Morgan fingerprint density at radius 1 is 1.25 bits per heavy atom. The van der Waals surface area contributed by atoms with E-state index in [4.69, 9.17) is 11.6 Å². The molecule has 0 spiro atoms. The summed E-state index contributed by atoms with van der Waals surface area (Å²) in [7, 11) is 0. The summed E-state index contributed by atoms with van der Waals surface area (Å²) in [4.78, 5) is 0. The molecule has 2 aromatic rings. The van der Waals surface area contributed by atoms with E-state index in [1.54, 1.807) is 24.3 Å². The van der Waals surface area contributed by atoms with Crippen LogP contribution in [0.3, 0.4) is 0 Å². The minimum absolute atomic E-state index is 0.182. The van der Waals surface area contributed by atoms with Crippen LogP contribution in [-0.4, -0.2) is 0 Å². The van der Waals surface area contributed by atoms with Crippen molar-refractivity contribution in [1.82, 2.24) is 0 Å². The number of fused-ring (bicyclic) bond motifs is 1. The van der Waals surface area contributed by atoms with Crippen LogP contribution in [0.1, 0.15) is 0 Å². The predicted octanol–water partition coefficient (Wildman–Crippen LogP) is 3.43. The highest BCUT2D eigenvalue weighted by molar-refractivity contribution is 6.35. The smallest absolute Gasteiger partial charge is 0.142 e. The molecular weight excluding hydrogens is 175 g/mol. The van der Waals surface area contributed by atoms with Crippen LogP contribution in [-0.2, 0) is 0 Å². The fraction of sp³-hybridized carbons (Fsp3) is 0. The van der Waals surface area contributed by atoms with E-state index in [0.717, 1.165) is 10.8 Å². The third-order valence-corrected chi connectivity index (χ3v) is 2.14. The molecule has 0 nitrogen and oxygen atoms in total. The van der Waals surface area contributed by atoms with Gasteiger partial charge >= 0.3 is 0 Å². The van der Waals surface area contributed by atoms with Gasteiger partial charge in [0.2, 0.25) is 0 Å². The van der Waals surface area contributed by atoms with Gasteiger partial charge in [0.05, 0.1) is 5.02 Å². The molecule has 0 N–H and O–H groups in total. The normalized spacial score (nSPS) is 10.5. The lowest BCUT2D eigenvalue weighted by Gasteiger charge is -1.99. The first-order valence-electron chi connectivity index (χ1n) is 3.53. The molecule has 12 heavy (non-hydrogen) atoms. The average Bonchev–Trinajstić information content (AvgIpc) is 2.12. The molecule has 2 rings (SSSR count). The molecule has 0 unspecified atom stereocenters. The van der Waals surface area contributed by atoms with E-state index in [-0.39, 0.29) is 10.8 Å². The quantitative estimate of drug-likeness (QED) is 0.581. The van der Waals surface area contributed by atoms with Crippen molar-refractivity contribution in [3.63, 3.8) is 0 Å². The fourth-order valence-electron chi connectivity index (χ4n) is 1.15. The van der Waals surface area contributed by atoms with Gasteiger partial charge in [-0.15, -0.1) is 0 Å². The van der Waals surface area contributed by atoms with Crippen molar-refractivity contribution in [3.8, 4) is 0 Å². The molecule has 0 heterocycles. The maximum absolute atomic E-state index is 12.9. The number of rotatable bonds is 0. The summed E-state index contributed by atoms with van der Waals surface area (Å²) in [5.74, 6) is -0.379. The van der Waals surface area contributed by atoms with Crippen molar-refractivity contribution in [1.29, 1.82) is 0 Å². The standard InChI is InChI=1S/C10H5ClF/c11-10-8-4-2-1-3-7(8)5-6-9(10)12/h2-6H. The van der Waals surface area contributed by atoms with E-state index in [2.05, 4.69) is 6.07 Å². The molecule has 0 aromatic heterocycles. The van der Waals surface area contributed by atoms with Gasteiger partial charge in [0.15, 0.2) is 0 Å². The molecular formula is C10H5ClF. The van der Waals surface area contributed by atoms with Crippen LogP contribution in [0.25, 0.3) is 10.8 Å². The van der Waals surface area contributed by atoms with Gasteiger partial charge in [0, 0.05) is 5.39 Å². The molecule has 0 aliphatic rings. The third kappa shape index (κ3) is 1.07. The topological polar surface area (TPSA) is 0 Å². The number of hydrogen-bond acceptors (Lipinski definition) is 0. The van der Waals surface area contributed by atoms with E-state index in [0.29, 0.717) is 0 Å². The zero-order valence-electron chi connectivity index (χ0n) is 6.14. The van der Waals surface area contributed by atoms with Gasteiger partial charge in [-0.2, -0.15) is 0 Å². The highest BCUT2D eigenvalue weighted by Gasteiger charge is 2.02. The zero-order valence-corrected chi connectivity index (χ0v) is 6.90. The second kappa shape index (κ2) is 2.76. The Morgan fingerprint density at radius 3 is 2.92 bits per heavy atom. The molecule has 0 aliphatic heterocycles. The molecule has 2 heteroatoms. The highest BCUT2D eigenvalue weighted by Crippen LogP contribution is 2.25. The Morgan fingerprint density at radius 2 is 2.08 bits per heavy atom. The van der Waals surface area contributed by atoms with Crippen molar-refractivity contribution in [2.75, 3.05) is 0 Å². The Labute approximate surface area is 74.6 Å². The van der Waals surface area contributed by atoms with Crippen molar-refractivity contribution in [2.45, 2.75) is 0 Å². The number of hydrogen-bond donors (Lipinski definition) is 0. The predicted molar refractivity (Wildman–Crippen MR) is 47.8 cm³/mol. The van der Waals surface area contributed by atoms with Gasteiger partial charge in [-0.1, -0.05) is 29.8 Å². The molecule has 0 atom stereocenters. The molecule has 0 amide bonds. The van der Waals surface area contributed by atoms with Gasteiger partial charge in [-0.25, -0.2) is 4.39 Å². The van der Waals surface area contributed by atoms with Gasteiger partial charge in [0.1, 0.15) is 5.82 Å². The van der Waals surface area contributed by atoms with E-state index in [1.165, 1.54) is 6.07 Å². The summed E-state index contributed by atoms with van der Waals surface area (Å²) < 4.78 is 12.9. The summed E-state index contributed by atoms with van der Waals surface area (Å²) in [5.41, 5.74) is 0. The van der Waals surface area contributed by atoms with Crippen LogP contribution in [0.15, 0.2) is 30.3 Å². The second-order valence-electron chi connectivity index (χ2n) is 2.51. The number of benzene rings is 2. The van der Waals surface area contributed by atoms with E-state index >= 15 is 0 Å². The van der Waals surface area contributed by atoms with Crippen molar-refractivity contribution < 1.29 is 4.39 Å². The first kappa shape index (κ1) is 7.56. The molecule has 0 fully saturated rings. The second-order valence-corrected chi connectivity index (χ2v) is 2.89. The van der Waals surface area contributed by atoms with Crippen LogP contribution in [0.4, 0.5) is 4.39 Å². The molecule has 2 aromatic carbocycles.